The summed E-state index contributed by atoms with van der Waals surface area (Å²) in [5.41, 5.74) is 7.81. The van der Waals surface area contributed by atoms with Gasteiger partial charge in [-0.15, -0.1) is 0 Å². The molecule has 7 nitrogen and oxygen atoms in total. The molecule has 1 saturated heterocycles. The average molecular weight is 242 g/mol. The van der Waals surface area contributed by atoms with E-state index in [2.05, 4.69) is 10.0 Å². The summed E-state index contributed by atoms with van der Waals surface area (Å²) in [6, 6.07) is -0.596. The van der Waals surface area contributed by atoms with Crippen molar-refractivity contribution in [2.75, 3.05) is 13.1 Å². The molecule has 0 aromatic rings. The molecule has 0 spiro atoms. The molecule has 2 atom stereocenters. The van der Waals surface area contributed by atoms with Crippen molar-refractivity contribution in [3.63, 3.8) is 0 Å². The minimum atomic E-state index is -0.690. The van der Waals surface area contributed by atoms with Crippen LogP contribution in [0.3, 0.4) is 0 Å². The zero-order valence-electron chi connectivity index (χ0n) is 10.3. The summed E-state index contributed by atoms with van der Waals surface area (Å²) < 4.78 is 5.21. The lowest BCUT2D eigenvalue weighted by Gasteiger charge is -2.34. The second-order valence-corrected chi connectivity index (χ2v) is 5.05. The fourth-order valence-electron chi connectivity index (χ4n) is 1.59. The van der Waals surface area contributed by atoms with Crippen molar-refractivity contribution >= 4 is 6.09 Å². The van der Waals surface area contributed by atoms with E-state index in [4.69, 9.17) is 10.3 Å². The van der Waals surface area contributed by atoms with Crippen LogP contribution in [0.2, 0.25) is 0 Å². The van der Waals surface area contributed by atoms with Crippen LogP contribution >= 0.6 is 0 Å². The van der Waals surface area contributed by atoms with Crippen molar-refractivity contribution in [3.8, 4) is 0 Å². The first-order valence-corrected chi connectivity index (χ1v) is 5.53. The number of azide groups is 1. The van der Waals surface area contributed by atoms with Crippen LogP contribution < -0.4 is 0 Å². The monoisotopic (exact) mass is 242 g/mol. The van der Waals surface area contributed by atoms with Crippen LogP contribution in [-0.4, -0.2) is 46.9 Å². The number of carbonyl (C=O) groups is 1. The topological polar surface area (TPSA) is 98.5 Å². The highest BCUT2D eigenvalue weighted by molar-refractivity contribution is 5.68. The zero-order valence-corrected chi connectivity index (χ0v) is 10.3. The van der Waals surface area contributed by atoms with Gasteiger partial charge >= 0.3 is 6.09 Å². The molecular formula is C10H18N4O3. The maximum absolute atomic E-state index is 11.8. The Morgan fingerprint density at radius 1 is 1.59 bits per heavy atom. The molecule has 1 heterocycles. The number of carbonyl (C=O) groups excluding carboxylic acids is 1. The van der Waals surface area contributed by atoms with Gasteiger partial charge in [-0.2, -0.15) is 0 Å². The SMILES string of the molecule is CC(C)(C)OC(=O)N1CC[C@@H](O)C(N=[N+]=[N-])C1. The number of likely N-dealkylation sites (tertiary alicyclic amines) is 1. The molecule has 1 rings (SSSR count). The Morgan fingerprint density at radius 2 is 2.24 bits per heavy atom. The summed E-state index contributed by atoms with van der Waals surface area (Å²) >= 11 is 0. The largest absolute Gasteiger partial charge is 0.444 e. The van der Waals surface area contributed by atoms with Crippen LogP contribution in [0.25, 0.3) is 10.4 Å². The summed E-state index contributed by atoms with van der Waals surface area (Å²) in [5.74, 6) is 0. The van der Waals surface area contributed by atoms with Gasteiger partial charge in [0.15, 0.2) is 0 Å². The Labute approximate surface area is 100.0 Å². The third-order valence-electron chi connectivity index (χ3n) is 2.40. The fourth-order valence-corrected chi connectivity index (χ4v) is 1.59. The van der Waals surface area contributed by atoms with E-state index in [-0.39, 0.29) is 6.54 Å². The van der Waals surface area contributed by atoms with Gasteiger partial charge in [-0.3, -0.25) is 0 Å². The number of hydrogen-bond acceptors (Lipinski definition) is 4. The molecule has 1 unspecified atom stereocenters. The predicted octanol–water partition coefficient (Wildman–Crippen LogP) is 1.67. The van der Waals surface area contributed by atoms with Crippen LogP contribution in [0.1, 0.15) is 27.2 Å². The maximum Gasteiger partial charge on any atom is 0.410 e. The van der Waals surface area contributed by atoms with Crippen LogP contribution in [0.5, 0.6) is 0 Å². The number of aliphatic hydroxyl groups is 1. The molecule has 1 fully saturated rings. The van der Waals surface area contributed by atoms with Crippen LogP contribution in [0.4, 0.5) is 4.79 Å². The molecule has 0 bridgehead atoms. The van der Waals surface area contributed by atoms with Gasteiger partial charge in [-0.1, -0.05) is 5.11 Å². The van der Waals surface area contributed by atoms with Gasteiger partial charge in [-0.05, 0) is 32.7 Å². The Hall–Kier alpha value is -1.46. The van der Waals surface area contributed by atoms with Crippen molar-refractivity contribution in [1.82, 2.24) is 4.90 Å². The quantitative estimate of drug-likeness (QED) is 0.430. The third kappa shape index (κ3) is 4.13. The van der Waals surface area contributed by atoms with E-state index in [1.165, 1.54) is 4.90 Å². The number of piperidine rings is 1. The molecule has 1 aliphatic rings. The van der Waals surface area contributed by atoms with Gasteiger partial charge in [0.1, 0.15) is 5.60 Å². The van der Waals surface area contributed by atoms with E-state index in [1.54, 1.807) is 20.8 Å². The molecule has 1 amide bonds. The lowest BCUT2D eigenvalue weighted by Crippen LogP contribution is -2.49. The normalized spacial score (nSPS) is 25.1. The minimum Gasteiger partial charge on any atom is -0.444 e. The Bertz CT molecular complexity index is 333. The maximum atomic E-state index is 11.8. The first-order valence-electron chi connectivity index (χ1n) is 5.53. The highest BCUT2D eigenvalue weighted by atomic mass is 16.6. The van der Waals surface area contributed by atoms with Crippen molar-refractivity contribution < 1.29 is 14.6 Å². The summed E-state index contributed by atoms with van der Waals surface area (Å²) in [6.07, 6.45) is -0.740. The summed E-state index contributed by atoms with van der Waals surface area (Å²) in [6.45, 7) is 5.96. The number of aliphatic hydroxyl groups excluding tert-OH is 1. The van der Waals surface area contributed by atoms with E-state index in [9.17, 15) is 9.90 Å². The standard InChI is InChI=1S/C10H18N4O3/c1-10(2,3)17-9(16)14-5-4-8(15)7(6-14)12-13-11/h7-8,15H,4-6H2,1-3H3/t7?,8-/m1/s1. The van der Waals surface area contributed by atoms with Gasteiger partial charge in [0.25, 0.3) is 0 Å². The average Bonchev–Trinajstić information content (AvgIpc) is 2.19. The van der Waals surface area contributed by atoms with Crippen LogP contribution in [0, 0.1) is 0 Å². The highest BCUT2D eigenvalue weighted by Crippen LogP contribution is 2.17. The smallest absolute Gasteiger partial charge is 0.410 e. The Balaban J connectivity index is 2.61. The van der Waals surface area contributed by atoms with E-state index in [0.29, 0.717) is 13.0 Å². The minimum absolute atomic E-state index is 0.195. The Kier molecular flexibility index (Phi) is 4.20. The number of ether oxygens (including phenoxy) is 1. The molecule has 0 aliphatic carbocycles. The first-order chi connectivity index (χ1) is 7.83. The van der Waals surface area contributed by atoms with Gasteiger partial charge in [-0.25, -0.2) is 4.79 Å². The second-order valence-electron chi connectivity index (χ2n) is 5.05. The van der Waals surface area contributed by atoms with E-state index < -0.39 is 23.8 Å². The molecule has 7 heteroatoms. The van der Waals surface area contributed by atoms with Crippen LogP contribution in [0.15, 0.2) is 5.11 Å². The zero-order chi connectivity index (χ0) is 13.1. The molecule has 0 aromatic carbocycles. The highest BCUT2D eigenvalue weighted by Gasteiger charge is 2.31. The Morgan fingerprint density at radius 3 is 2.76 bits per heavy atom. The van der Waals surface area contributed by atoms with Crippen molar-refractivity contribution in [3.05, 3.63) is 10.4 Å². The van der Waals surface area contributed by atoms with E-state index in [0.717, 1.165) is 0 Å². The van der Waals surface area contributed by atoms with Gasteiger partial charge in [0.05, 0.1) is 12.1 Å². The van der Waals surface area contributed by atoms with Gasteiger partial charge in [0.2, 0.25) is 0 Å². The van der Waals surface area contributed by atoms with Crippen LogP contribution in [-0.2, 0) is 4.74 Å². The lowest BCUT2D eigenvalue weighted by atomic mass is 10.0. The fraction of sp³-hybridized carbons (Fsp3) is 0.900. The summed E-state index contributed by atoms with van der Waals surface area (Å²) in [4.78, 5) is 15.9. The molecular weight excluding hydrogens is 224 g/mol. The lowest BCUT2D eigenvalue weighted by molar-refractivity contribution is 0.00499. The molecule has 1 N–H and O–H groups in total. The second kappa shape index (κ2) is 5.25. The molecule has 96 valence electrons. The van der Waals surface area contributed by atoms with Crippen molar-refractivity contribution in [1.29, 1.82) is 0 Å². The third-order valence-corrected chi connectivity index (χ3v) is 2.40. The molecule has 0 saturated carbocycles. The van der Waals surface area contributed by atoms with Crippen molar-refractivity contribution in [2.24, 2.45) is 5.11 Å². The van der Waals surface area contributed by atoms with Gasteiger partial charge < -0.3 is 14.7 Å². The number of amides is 1. The number of rotatable bonds is 1. The summed E-state index contributed by atoms with van der Waals surface area (Å²) in [7, 11) is 0. The molecule has 17 heavy (non-hydrogen) atoms. The van der Waals surface area contributed by atoms with E-state index in [1.807, 2.05) is 0 Å². The molecule has 1 aliphatic heterocycles. The molecule has 0 radical (unpaired) electrons. The number of nitrogens with zero attached hydrogens (tertiary/aromatic N) is 4. The predicted molar refractivity (Wildman–Crippen MR) is 61.4 cm³/mol. The number of hydrogen-bond donors (Lipinski definition) is 1. The molecule has 0 aromatic heterocycles. The first kappa shape index (κ1) is 13.6. The van der Waals surface area contributed by atoms with Gasteiger partial charge in [0, 0.05) is 18.0 Å². The summed E-state index contributed by atoms with van der Waals surface area (Å²) in [5, 5.41) is 13.1. The van der Waals surface area contributed by atoms with Crippen molar-refractivity contribution in [2.45, 2.75) is 44.9 Å². The van der Waals surface area contributed by atoms with E-state index >= 15 is 0 Å².